The van der Waals surface area contributed by atoms with Gasteiger partial charge in [-0.3, -0.25) is 4.79 Å². The Hall–Kier alpha value is -3.46. The number of fused-ring (bicyclic) bond motifs is 1. The Labute approximate surface area is 223 Å². The van der Waals surface area contributed by atoms with Crippen molar-refractivity contribution in [1.29, 1.82) is 5.26 Å². The third-order valence-electron chi connectivity index (χ3n) is 8.27. The number of aromatic nitrogens is 3. The zero-order valence-electron chi connectivity index (χ0n) is 22.6. The molecule has 0 aliphatic carbocycles. The van der Waals surface area contributed by atoms with E-state index >= 15 is 0 Å². The number of amides is 1. The van der Waals surface area contributed by atoms with E-state index in [-0.39, 0.29) is 34.9 Å². The van der Waals surface area contributed by atoms with Crippen LogP contribution < -0.4 is 14.5 Å². The predicted molar refractivity (Wildman–Crippen MR) is 142 cm³/mol. The molecule has 0 radical (unpaired) electrons. The summed E-state index contributed by atoms with van der Waals surface area (Å²) in [5, 5.41) is 9.33. The van der Waals surface area contributed by atoms with Gasteiger partial charge in [0.15, 0.2) is 21.3 Å². The Morgan fingerprint density at radius 1 is 1.13 bits per heavy atom. The molecule has 5 heterocycles. The quantitative estimate of drug-likeness (QED) is 0.569. The van der Waals surface area contributed by atoms with E-state index in [0.29, 0.717) is 31.8 Å². The van der Waals surface area contributed by atoms with E-state index in [1.807, 2.05) is 19.9 Å². The molecule has 2 aromatic rings. The van der Waals surface area contributed by atoms with Crippen LogP contribution in [0.15, 0.2) is 18.6 Å². The van der Waals surface area contributed by atoms with Crippen molar-refractivity contribution in [3.05, 3.63) is 29.8 Å². The van der Waals surface area contributed by atoms with Crippen molar-refractivity contribution in [2.45, 2.75) is 63.3 Å². The average molecular weight is 540 g/mol. The number of nitriles is 1. The molecule has 2 aromatic heterocycles. The van der Waals surface area contributed by atoms with Crippen molar-refractivity contribution >= 4 is 33.1 Å². The standard InChI is InChI=1S/C26H33N7O4S/c1-16-13-32(24(34)26(5)7-8-38(26,35)36)17(2)12-31(16)22-21-23(30-15-29-22)33(14-25(21,3)4)18-9-20(37-6)19(10-27)28-11-18/h9,11,15-17H,7-8,12-14H2,1-6H3/t16-,17+,26+/m0/s1. The molecule has 3 atom stereocenters. The number of anilines is 3. The third kappa shape index (κ3) is 3.78. The lowest BCUT2D eigenvalue weighted by Gasteiger charge is -2.49. The zero-order chi connectivity index (χ0) is 27.6. The number of pyridine rings is 1. The molecule has 2 saturated heterocycles. The summed E-state index contributed by atoms with van der Waals surface area (Å²) >= 11 is 0. The van der Waals surface area contributed by atoms with Gasteiger partial charge in [-0.05, 0) is 27.2 Å². The summed E-state index contributed by atoms with van der Waals surface area (Å²) in [7, 11) is -1.89. The molecule has 0 spiro atoms. The van der Waals surface area contributed by atoms with E-state index in [0.717, 1.165) is 22.9 Å². The molecule has 3 aliphatic heterocycles. The number of nitrogens with zero attached hydrogens (tertiary/aromatic N) is 7. The number of ether oxygens (including phenoxy) is 1. The van der Waals surface area contributed by atoms with Crippen LogP contribution in [0.25, 0.3) is 0 Å². The molecular weight excluding hydrogens is 506 g/mol. The lowest BCUT2D eigenvalue weighted by atomic mass is 9.87. The van der Waals surface area contributed by atoms with Gasteiger partial charge in [-0.1, -0.05) is 13.8 Å². The van der Waals surface area contributed by atoms with E-state index in [9.17, 15) is 18.5 Å². The lowest BCUT2D eigenvalue weighted by Crippen LogP contribution is -2.66. The summed E-state index contributed by atoms with van der Waals surface area (Å²) in [6.45, 7) is 11.4. The van der Waals surface area contributed by atoms with Gasteiger partial charge in [-0.15, -0.1) is 0 Å². The first kappa shape index (κ1) is 26.2. The second-order valence-corrected chi connectivity index (χ2v) is 13.9. The largest absolute Gasteiger partial charge is 0.494 e. The van der Waals surface area contributed by atoms with E-state index in [2.05, 4.69) is 33.6 Å². The van der Waals surface area contributed by atoms with Crippen LogP contribution in [0, 0.1) is 11.3 Å². The van der Waals surface area contributed by atoms with Crippen molar-refractivity contribution in [3.8, 4) is 11.8 Å². The van der Waals surface area contributed by atoms with E-state index in [1.165, 1.54) is 7.11 Å². The maximum atomic E-state index is 13.4. The number of methoxy groups -OCH3 is 1. The van der Waals surface area contributed by atoms with Crippen LogP contribution in [0.5, 0.6) is 5.75 Å². The summed E-state index contributed by atoms with van der Waals surface area (Å²) in [4.78, 5) is 33.0. The molecule has 0 saturated carbocycles. The van der Waals surface area contributed by atoms with Gasteiger partial charge in [-0.25, -0.2) is 23.4 Å². The van der Waals surface area contributed by atoms with Gasteiger partial charge in [0.1, 0.15) is 28.8 Å². The maximum absolute atomic E-state index is 13.4. The maximum Gasteiger partial charge on any atom is 0.244 e. The molecule has 3 aliphatic rings. The van der Waals surface area contributed by atoms with Crippen LogP contribution in [0.2, 0.25) is 0 Å². The first-order valence-electron chi connectivity index (χ1n) is 12.7. The van der Waals surface area contributed by atoms with Gasteiger partial charge >= 0.3 is 0 Å². The first-order valence-corrected chi connectivity index (χ1v) is 14.4. The molecule has 0 unspecified atom stereocenters. The van der Waals surface area contributed by atoms with Crippen LogP contribution in [-0.2, 0) is 20.0 Å². The number of rotatable bonds is 4. The summed E-state index contributed by atoms with van der Waals surface area (Å²) in [6.07, 6.45) is 3.57. The number of piperazine rings is 1. The molecule has 202 valence electrons. The van der Waals surface area contributed by atoms with Crippen LogP contribution in [-0.4, -0.2) is 83.5 Å². The lowest BCUT2D eigenvalue weighted by molar-refractivity contribution is -0.137. The minimum atomic E-state index is -3.41. The van der Waals surface area contributed by atoms with Gasteiger partial charge in [0.25, 0.3) is 0 Å². The summed E-state index contributed by atoms with van der Waals surface area (Å²) < 4.78 is 28.9. The number of carbonyl (C=O) groups excluding carboxylic acids is 1. The normalized spacial score (nSPS) is 27.3. The second-order valence-electron chi connectivity index (χ2n) is 11.3. The Kier molecular flexibility index (Phi) is 6.06. The Morgan fingerprint density at radius 2 is 1.84 bits per heavy atom. The highest BCUT2D eigenvalue weighted by Gasteiger charge is 2.57. The molecule has 0 bridgehead atoms. The average Bonchev–Trinajstić information content (AvgIpc) is 3.18. The van der Waals surface area contributed by atoms with Gasteiger partial charge in [0.05, 0.1) is 24.7 Å². The highest BCUT2D eigenvalue weighted by atomic mass is 32.2. The zero-order valence-corrected chi connectivity index (χ0v) is 23.4. The fraction of sp³-hybridized carbons (Fsp3) is 0.577. The smallest absolute Gasteiger partial charge is 0.244 e. The Balaban J connectivity index is 1.48. The van der Waals surface area contributed by atoms with Crippen LogP contribution >= 0.6 is 0 Å². The van der Waals surface area contributed by atoms with Crippen molar-refractivity contribution in [2.75, 3.05) is 42.3 Å². The number of hydrogen-bond acceptors (Lipinski definition) is 10. The van der Waals surface area contributed by atoms with Crippen LogP contribution in [0.1, 0.15) is 52.3 Å². The van der Waals surface area contributed by atoms with Crippen LogP contribution in [0.4, 0.5) is 17.3 Å². The third-order valence-corrected chi connectivity index (χ3v) is 10.8. The highest BCUT2D eigenvalue weighted by molar-refractivity contribution is 7.95. The summed E-state index contributed by atoms with van der Waals surface area (Å²) in [5.41, 5.74) is 1.67. The number of sulfone groups is 1. The van der Waals surface area contributed by atoms with Gasteiger partial charge < -0.3 is 19.4 Å². The number of carbonyl (C=O) groups is 1. The van der Waals surface area contributed by atoms with E-state index in [4.69, 9.17) is 9.72 Å². The monoisotopic (exact) mass is 539 g/mol. The fourth-order valence-electron chi connectivity index (χ4n) is 5.80. The van der Waals surface area contributed by atoms with E-state index in [1.54, 1.807) is 30.4 Å². The first-order chi connectivity index (χ1) is 17.8. The van der Waals surface area contributed by atoms with Crippen molar-refractivity contribution < 1.29 is 17.9 Å². The molecule has 12 heteroatoms. The van der Waals surface area contributed by atoms with Gasteiger partial charge in [0, 0.05) is 48.8 Å². The van der Waals surface area contributed by atoms with Gasteiger partial charge in [-0.2, -0.15) is 5.26 Å². The van der Waals surface area contributed by atoms with Crippen molar-refractivity contribution in [1.82, 2.24) is 19.9 Å². The topological polar surface area (TPSA) is 133 Å². The van der Waals surface area contributed by atoms with E-state index < -0.39 is 14.6 Å². The SMILES string of the molecule is COc1cc(N2CC(C)(C)c3c2ncnc3N2C[C@@H](C)N(C(=O)[C@@]3(C)CCS3(=O)=O)C[C@@H]2C)cnc1C#N. The van der Waals surface area contributed by atoms with Crippen molar-refractivity contribution in [3.63, 3.8) is 0 Å². The second kappa shape index (κ2) is 8.80. The predicted octanol–water partition coefficient (Wildman–Crippen LogP) is 2.18. The molecule has 2 fully saturated rings. The minimum Gasteiger partial charge on any atom is -0.494 e. The molecule has 0 aromatic carbocycles. The molecule has 5 rings (SSSR count). The van der Waals surface area contributed by atoms with Gasteiger partial charge in [0.2, 0.25) is 5.91 Å². The summed E-state index contributed by atoms with van der Waals surface area (Å²) in [6, 6.07) is 3.57. The highest BCUT2D eigenvalue weighted by Crippen LogP contribution is 2.48. The molecule has 38 heavy (non-hydrogen) atoms. The van der Waals surface area contributed by atoms with Crippen molar-refractivity contribution in [2.24, 2.45) is 0 Å². The number of hydrogen-bond donors (Lipinski definition) is 0. The van der Waals surface area contributed by atoms with Crippen LogP contribution in [0.3, 0.4) is 0 Å². The minimum absolute atomic E-state index is 0.0679. The molecular formula is C26H33N7O4S. The molecule has 0 N–H and O–H groups in total. The molecule has 1 amide bonds. The Bertz CT molecular complexity index is 1450. The Morgan fingerprint density at radius 3 is 2.45 bits per heavy atom. The molecule has 11 nitrogen and oxygen atoms in total. The fourth-order valence-corrected chi connectivity index (χ4v) is 7.34. The summed E-state index contributed by atoms with van der Waals surface area (Å²) in [5.74, 6) is 1.74.